The molecule has 2 atom stereocenters. The van der Waals surface area contributed by atoms with E-state index in [0.717, 1.165) is 17.5 Å². The van der Waals surface area contributed by atoms with Crippen LogP contribution in [0.25, 0.3) is 0 Å². The second-order valence-electron chi connectivity index (χ2n) is 8.13. The van der Waals surface area contributed by atoms with Gasteiger partial charge >= 0.3 is 0 Å². The highest BCUT2D eigenvalue weighted by atomic mass is 35.5. The van der Waals surface area contributed by atoms with E-state index in [-0.39, 0.29) is 36.9 Å². The number of rotatable bonds is 10. The normalized spacial score (nSPS) is 12.9. The number of hydrogen-bond acceptors (Lipinski definition) is 3. The Balaban J connectivity index is 2.20. The fraction of sp³-hybridized carbons (Fsp3) is 0.440. The average molecular weight is 445 g/mol. The van der Waals surface area contributed by atoms with Crippen molar-refractivity contribution in [2.24, 2.45) is 0 Å². The van der Waals surface area contributed by atoms with Crippen molar-refractivity contribution < 1.29 is 14.3 Å². The minimum Gasteiger partial charge on any atom is -0.483 e. The number of nitrogens with one attached hydrogen (secondary N) is 1. The van der Waals surface area contributed by atoms with Crippen LogP contribution in [0.15, 0.2) is 48.5 Å². The summed E-state index contributed by atoms with van der Waals surface area (Å²) in [4.78, 5) is 27.5. The van der Waals surface area contributed by atoms with E-state index in [1.54, 1.807) is 24.0 Å². The lowest BCUT2D eigenvalue weighted by Gasteiger charge is -2.30. The molecule has 0 fully saturated rings. The largest absolute Gasteiger partial charge is 0.483 e. The molecule has 0 heterocycles. The van der Waals surface area contributed by atoms with Gasteiger partial charge in [0.15, 0.2) is 6.61 Å². The number of nitrogens with zero attached hydrogens (tertiary/aromatic N) is 1. The monoisotopic (exact) mass is 444 g/mol. The minimum absolute atomic E-state index is 0.0345. The summed E-state index contributed by atoms with van der Waals surface area (Å²) >= 11 is 6.12. The van der Waals surface area contributed by atoms with Crippen molar-refractivity contribution in [3.8, 4) is 5.75 Å². The molecule has 2 amide bonds. The highest BCUT2D eigenvalue weighted by Crippen LogP contribution is 2.26. The summed E-state index contributed by atoms with van der Waals surface area (Å²) < 4.78 is 5.89. The molecule has 0 bridgehead atoms. The quantitative estimate of drug-likeness (QED) is 0.549. The van der Waals surface area contributed by atoms with Crippen molar-refractivity contribution >= 4 is 23.4 Å². The van der Waals surface area contributed by atoms with Crippen molar-refractivity contribution in [3.05, 3.63) is 64.7 Å². The maximum absolute atomic E-state index is 13.2. The molecule has 0 aromatic heterocycles. The van der Waals surface area contributed by atoms with Crippen LogP contribution in [0.4, 0.5) is 0 Å². The lowest BCUT2D eigenvalue weighted by Crippen LogP contribution is -2.50. The first-order chi connectivity index (χ1) is 14.7. The van der Waals surface area contributed by atoms with Gasteiger partial charge in [0.1, 0.15) is 11.8 Å². The first-order valence-corrected chi connectivity index (χ1v) is 11.2. The van der Waals surface area contributed by atoms with Crippen molar-refractivity contribution in [1.29, 1.82) is 0 Å². The van der Waals surface area contributed by atoms with Crippen LogP contribution < -0.4 is 10.1 Å². The Labute approximate surface area is 190 Å². The first-order valence-electron chi connectivity index (χ1n) is 10.8. The summed E-state index contributed by atoms with van der Waals surface area (Å²) in [6, 6.07) is 14.4. The Hall–Kier alpha value is -2.53. The molecule has 5 nitrogen and oxygen atoms in total. The lowest BCUT2D eigenvalue weighted by atomic mass is 10.0. The molecule has 0 unspecified atom stereocenters. The maximum atomic E-state index is 13.2. The third-order valence-electron chi connectivity index (χ3n) is 5.30. The Morgan fingerprint density at radius 2 is 1.77 bits per heavy atom. The Kier molecular flexibility index (Phi) is 9.38. The third kappa shape index (κ3) is 7.28. The smallest absolute Gasteiger partial charge is 0.261 e. The van der Waals surface area contributed by atoms with Gasteiger partial charge < -0.3 is 15.0 Å². The van der Waals surface area contributed by atoms with Gasteiger partial charge in [0.05, 0.1) is 0 Å². The zero-order valence-electron chi connectivity index (χ0n) is 19.0. The number of para-hydroxylation sites is 1. The highest BCUT2D eigenvalue weighted by molar-refractivity contribution is 6.30. The molecule has 1 N–H and O–H groups in total. The van der Waals surface area contributed by atoms with Crippen LogP contribution in [-0.4, -0.2) is 35.4 Å². The van der Waals surface area contributed by atoms with E-state index < -0.39 is 6.04 Å². The number of amides is 2. The standard InChI is InChI=1S/C25H33ClN2O3/c1-6-18(4)27-25(30)19(5)28(15-20-10-9-11-21(26)14-20)24(29)16-31-23-13-8-7-12-22(23)17(2)3/h7-14,17-19H,6,15-16H2,1-5H3,(H,27,30)/t18-,19-/m1/s1. The summed E-state index contributed by atoms with van der Waals surface area (Å²) in [5.74, 6) is 0.511. The summed E-state index contributed by atoms with van der Waals surface area (Å²) in [6.07, 6.45) is 0.815. The van der Waals surface area contributed by atoms with E-state index in [2.05, 4.69) is 19.2 Å². The predicted molar refractivity (Wildman–Crippen MR) is 125 cm³/mol. The molecule has 2 aromatic rings. The van der Waals surface area contributed by atoms with Crippen molar-refractivity contribution in [2.75, 3.05) is 6.61 Å². The van der Waals surface area contributed by atoms with Crippen LogP contribution in [0, 0.1) is 0 Å². The molecule has 0 saturated heterocycles. The highest BCUT2D eigenvalue weighted by Gasteiger charge is 2.27. The van der Waals surface area contributed by atoms with Crippen molar-refractivity contribution in [1.82, 2.24) is 10.2 Å². The van der Waals surface area contributed by atoms with Gasteiger partial charge in [0, 0.05) is 17.6 Å². The van der Waals surface area contributed by atoms with Gasteiger partial charge in [-0.1, -0.05) is 62.7 Å². The number of benzene rings is 2. The molecular weight excluding hydrogens is 412 g/mol. The number of hydrogen-bond donors (Lipinski definition) is 1. The van der Waals surface area contributed by atoms with E-state index in [9.17, 15) is 9.59 Å². The predicted octanol–water partition coefficient (Wildman–Crippen LogP) is 5.17. The fourth-order valence-electron chi connectivity index (χ4n) is 3.19. The lowest BCUT2D eigenvalue weighted by molar-refractivity contribution is -0.142. The molecule has 6 heteroatoms. The molecule has 2 aromatic carbocycles. The van der Waals surface area contributed by atoms with Gasteiger partial charge in [0.25, 0.3) is 5.91 Å². The number of ether oxygens (including phenoxy) is 1. The minimum atomic E-state index is -0.649. The molecule has 0 spiro atoms. The van der Waals surface area contributed by atoms with E-state index in [4.69, 9.17) is 16.3 Å². The van der Waals surface area contributed by atoms with Gasteiger partial charge in [-0.2, -0.15) is 0 Å². The SMILES string of the molecule is CC[C@@H](C)NC(=O)[C@@H](C)N(Cc1cccc(Cl)c1)C(=O)COc1ccccc1C(C)C. The Morgan fingerprint density at radius 3 is 2.42 bits per heavy atom. The van der Waals surface area contributed by atoms with E-state index >= 15 is 0 Å². The molecule has 31 heavy (non-hydrogen) atoms. The van der Waals surface area contributed by atoms with Crippen LogP contribution >= 0.6 is 11.6 Å². The average Bonchev–Trinajstić information content (AvgIpc) is 2.75. The van der Waals surface area contributed by atoms with Gasteiger partial charge in [-0.05, 0) is 55.5 Å². The Morgan fingerprint density at radius 1 is 1.06 bits per heavy atom. The number of carbonyl (C=O) groups excluding carboxylic acids is 2. The molecule has 168 valence electrons. The molecule has 0 radical (unpaired) electrons. The number of carbonyl (C=O) groups is 2. The van der Waals surface area contributed by atoms with Crippen LogP contribution in [0.1, 0.15) is 58.1 Å². The van der Waals surface area contributed by atoms with Crippen molar-refractivity contribution in [2.45, 2.75) is 65.6 Å². The van der Waals surface area contributed by atoms with E-state index in [0.29, 0.717) is 10.8 Å². The first kappa shape index (κ1) is 24.7. The third-order valence-corrected chi connectivity index (χ3v) is 5.54. The number of halogens is 1. The van der Waals surface area contributed by atoms with E-state index in [1.165, 1.54) is 0 Å². The zero-order chi connectivity index (χ0) is 23.0. The van der Waals surface area contributed by atoms with Crippen LogP contribution in [-0.2, 0) is 16.1 Å². The summed E-state index contributed by atoms with van der Waals surface area (Å²) in [5, 5.41) is 3.55. The summed E-state index contributed by atoms with van der Waals surface area (Å²) in [6.45, 7) is 9.97. The molecule has 2 rings (SSSR count). The van der Waals surface area contributed by atoms with E-state index in [1.807, 2.05) is 50.2 Å². The second kappa shape index (κ2) is 11.8. The van der Waals surface area contributed by atoms with Gasteiger partial charge in [-0.15, -0.1) is 0 Å². The maximum Gasteiger partial charge on any atom is 0.261 e. The fourth-order valence-corrected chi connectivity index (χ4v) is 3.40. The molecule has 0 aliphatic carbocycles. The molecule has 0 aliphatic rings. The summed E-state index contributed by atoms with van der Waals surface area (Å²) in [7, 11) is 0. The van der Waals surface area contributed by atoms with Crippen LogP contribution in [0.2, 0.25) is 5.02 Å². The Bertz CT molecular complexity index is 885. The molecule has 0 saturated carbocycles. The topological polar surface area (TPSA) is 58.6 Å². The van der Waals surface area contributed by atoms with Crippen LogP contribution in [0.3, 0.4) is 0 Å². The van der Waals surface area contributed by atoms with Gasteiger partial charge in [-0.25, -0.2) is 0 Å². The van der Waals surface area contributed by atoms with Gasteiger partial charge in [0.2, 0.25) is 5.91 Å². The van der Waals surface area contributed by atoms with Gasteiger partial charge in [-0.3, -0.25) is 9.59 Å². The second-order valence-corrected chi connectivity index (χ2v) is 8.56. The molecule has 0 aliphatic heterocycles. The zero-order valence-corrected chi connectivity index (χ0v) is 19.8. The molecular formula is C25H33ClN2O3. The van der Waals surface area contributed by atoms with Crippen LogP contribution in [0.5, 0.6) is 5.75 Å². The summed E-state index contributed by atoms with van der Waals surface area (Å²) in [5.41, 5.74) is 1.89. The van der Waals surface area contributed by atoms with Crippen molar-refractivity contribution in [3.63, 3.8) is 0 Å².